The Kier molecular flexibility index (Phi) is 5.18. The van der Waals surface area contributed by atoms with Crippen LogP contribution in [0.2, 0.25) is 0 Å². The maximum atomic E-state index is 11.7. The number of ether oxygens (including phenoxy) is 1. The fourth-order valence-corrected chi connectivity index (χ4v) is 1.98. The zero-order chi connectivity index (χ0) is 13.5. The van der Waals surface area contributed by atoms with Gasteiger partial charge in [0.15, 0.2) is 0 Å². The quantitative estimate of drug-likeness (QED) is 0.758. The molecule has 1 heterocycles. The molecule has 1 atom stereocenters. The van der Waals surface area contributed by atoms with Gasteiger partial charge in [-0.15, -0.1) is 0 Å². The second kappa shape index (κ2) is 7.11. The summed E-state index contributed by atoms with van der Waals surface area (Å²) in [7, 11) is 0. The molecule has 2 amide bonds. The number of urea groups is 1. The van der Waals surface area contributed by atoms with Crippen LogP contribution in [-0.4, -0.2) is 31.8 Å². The Morgan fingerprint density at radius 1 is 1.37 bits per heavy atom. The maximum absolute atomic E-state index is 11.7. The van der Waals surface area contributed by atoms with E-state index in [0.29, 0.717) is 6.61 Å². The van der Waals surface area contributed by atoms with Gasteiger partial charge >= 0.3 is 6.03 Å². The first-order chi connectivity index (χ1) is 9.28. The van der Waals surface area contributed by atoms with Crippen molar-refractivity contribution in [1.29, 1.82) is 0 Å². The average Bonchev–Trinajstić information content (AvgIpc) is 2.90. The molecular weight excluding hydrogens is 242 g/mol. The minimum Gasteiger partial charge on any atom is -0.379 e. The molecule has 0 bridgehead atoms. The predicted molar refractivity (Wildman–Crippen MR) is 75.2 cm³/mol. The van der Waals surface area contributed by atoms with E-state index in [-0.39, 0.29) is 12.1 Å². The van der Waals surface area contributed by atoms with E-state index in [4.69, 9.17) is 4.74 Å². The summed E-state index contributed by atoms with van der Waals surface area (Å²) in [6, 6.07) is 7.81. The number of nitrogens with one attached hydrogen (secondary N) is 3. The van der Waals surface area contributed by atoms with Crippen molar-refractivity contribution in [2.45, 2.75) is 25.9 Å². The van der Waals surface area contributed by atoms with Crippen molar-refractivity contribution in [1.82, 2.24) is 10.6 Å². The largest absolute Gasteiger partial charge is 0.379 e. The summed E-state index contributed by atoms with van der Waals surface area (Å²) in [4.78, 5) is 11.7. The van der Waals surface area contributed by atoms with E-state index in [9.17, 15) is 4.79 Å². The van der Waals surface area contributed by atoms with Crippen molar-refractivity contribution in [3.8, 4) is 0 Å². The van der Waals surface area contributed by atoms with Crippen LogP contribution in [0.5, 0.6) is 0 Å². The van der Waals surface area contributed by atoms with Gasteiger partial charge in [-0.05, 0) is 30.7 Å². The topological polar surface area (TPSA) is 62.4 Å². The number of hydrogen-bond donors (Lipinski definition) is 3. The van der Waals surface area contributed by atoms with Crippen molar-refractivity contribution in [2.75, 3.05) is 25.1 Å². The van der Waals surface area contributed by atoms with Gasteiger partial charge < -0.3 is 20.7 Å². The summed E-state index contributed by atoms with van der Waals surface area (Å²) >= 11 is 0. The summed E-state index contributed by atoms with van der Waals surface area (Å²) in [5.41, 5.74) is 2.01. The second-order valence-corrected chi connectivity index (χ2v) is 4.64. The van der Waals surface area contributed by atoms with Crippen LogP contribution in [0.25, 0.3) is 0 Å². The molecule has 1 saturated heterocycles. The Bertz CT molecular complexity index is 400. The second-order valence-electron chi connectivity index (χ2n) is 4.64. The molecule has 19 heavy (non-hydrogen) atoms. The highest BCUT2D eigenvalue weighted by Crippen LogP contribution is 2.10. The van der Waals surface area contributed by atoms with Crippen LogP contribution in [0.1, 0.15) is 18.9 Å². The number of benzene rings is 1. The first-order valence-electron chi connectivity index (χ1n) is 6.73. The molecule has 1 aliphatic rings. The summed E-state index contributed by atoms with van der Waals surface area (Å²) in [5, 5.41) is 8.97. The molecule has 1 fully saturated rings. The lowest BCUT2D eigenvalue weighted by molar-refractivity contribution is 0.189. The predicted octanol–water partition coefficient (Wildman–Crippen LogP) is 1.71. The van der Waals surface area contributed by atoms with Crippen LogP contribution in [-0.2, 0) is 11.3 Å². The van der Waals surface area contributed by atoms with Gasteiger partial charge in [-0.25, -0.2) is 4.79 Å². The highest BCUT2D eigenvalue weighted by molar-refractivity contribution is 5.89. The van der Waals surface area contributed by atoms with Gasteiger partial charge in [0.1, 0.15) is 0 Å². The SMILES string of the molecule is CCNCc1ccc(NC(=O)NC2CCOC2)cc1. The Hall–Kier alpha value is -1.59. The highest BCUT2D eigenvalue weighted by Gasteiger charge is 2.17. The number of hydrogen-bond acceptors (Lipinski definition) is 3. The van der Waals surface area contributed by atoms with Gasteiger partial charge in [0.25, 0.3) is 0 Å². The third-order valence-electron chi connectivity index (χ3n) is 3.06. The Balaban J connectivity index is 1.79. The van der Waals surface area contributed by atoms with Crippen LogP contribution >= 0.6 is 0 Å². The van der Waals surface area contributed by atoms with Crippen LogP contribution in [0.4, 0.5) is 10.5 Å². The van der Waals surface area contributed by atoms with Crippen molar-refractivity contribution in [2.24, 2.45) is 0 Å². The minimum atomic E-state index is -0.171. The van der Waals surface area contributed by atoms with Crippen molar-refractivity contribution >= 4 is 11.7 Å². The number of amides is 2. The Labute approximate surface area is 113 Å². The number of carbonyl (C=O) groups is 1. The number of rotatable bonds is 5. The standard InChI is InChI=1S/C14H21N3O2/c1-2-15-9-11-3-5-12(6-4-11)16-14(18)17-13-7-8-19-10-13/h3-6,13,15H,2,7-10H2,1H3,(H2,16,17,18). The molecule has 0 spiro atoms. The molecule has 0 aliphatic carbocycles. The van der Waals surface area contributed by atoms with E-state index < -0.39 is 0 Å². The lowest BCUT2D eigenvalue weighted by atomic mass is 10.2. The third-order valence-corrected chi connectivity index (χ3v) is 3.06. The van der Waals surface area contributed by atoms with E-state index in [1.165, 1.54) is 5.56 Å². The lowest BCUT2D eigenvalue weighted by Gasteiger charge is -2.12. The molecule has 1 unspecified atom stereocenters. The normalized spacial score (nSPS) is 18.3. The molecule has 1 aliphatic heterocycles. The first-order valence-corrected chi connectivity index (χ1v) is 6.73. The first kappa shape index (κ1) is 13.8. The zero-order valence-electron chi connectivity index (χ0n) is 11.2. The van der Waals surface area contributed by atoms with Gasteiger partial charge in [-0.2, -0.15) is 0 Å². The van der Waals surface area contributed by atoms with Gasteiger partial charge in [-0.1, -0.05) is 19.1 Å². The van der Waals surface area contributed by atoms with Crippen LogP contribution < -0.4 is 16.0 Å². The van der Waals surface area contributed by atoms with Crippen molar-refractivity contribution in [3.05, 3.63) is 29.8 Å². The summed E-state index contributed by atoms with van der Waals surface area (Å²) < 4.78 is 5.21. The fourth-order valence-electron chi connectivity index (χ4n) is 1.98. The molecule has 1 aromatic rings. The fraction of sp³-hybridized carbons (Fsp3) is 0.500. The van der Waals surface area contributed by atoms with E-state index in [0.717, 1.165) is 31.8 Å². The highest BCUT2D eigenvalue weighted by atomic mass is 16.5. The lowest BCUT2D eigenvalue weighted by Crippen LogP contribution is -2.38. The van der Waals surface area contributed by atoms with Crippen molar-refractivity contribution < 1.29 is 9.53 Å². The molecule has 104 valence electrons. The summed E-state index contributed by atoms with van der Waals surface area (Å²) in [5.74, 6) is 0. The Morgan fingerprint density at radius 3 is 2.79 bits per heavy atom. The molecule has 0 radical (unpaired) electrons. The monoisotopic (exact) mass is 263 g/mol. The minimum absolute atomic E-state index is 0.132. The van der Waals surface area contributed by atoms with E-state index >= 15 is 0 Å². The van der Waals surface area contributed by atoms with E-state index in [1.54, 1.807) is 0 Å². The van der Waals surface area contributed by atoms with E-state index in [1.807, 2.05) is 24.3 Å². The van der Waals surface area contributed by atoms with Crippen LogP contribution in [0, 0.1) is 0 Å². The molecule has 5 nitrogen and oxygen atoms in total. The number of carbonyl (C=O) groups excluding carboxylic acids is 1. The number of anilines is 1. The van der Waals surface area contributed by atoms with Gasteiger partial charge in [0, 0.05) is 18.8 Å². The van der Waals surface area contributed by atoms with Crippen LogP contribution in [0.3, 0.4) is 0 Å². The van der Waals surface area contributed by atoms with Gasteiger partial charge in [0.2, 0.25) is 0 Å². The maximum Gasteiger partial charge on any atom is 0.319 e. The molecule has 0 aromatic heterocycles. The zero-order valence-corrected chi connectivity index (χ0v) is 11.2. The average molecular weight is 263 g/mol. The van der Waals surface area contributed by atoms with Crippen LogP contribution in [0.15, 0.2) is 24.3 Å². The molecule has 1 aromatic carbocycles. The Morgan fingerprint density at radius 2 is 2.16 bits per heavy atom. The molecule has 3 N–H and O–H groups in total. The smallest absolute Gasteiger partial charge is 0.319 e. The van der Waals surface area contributed by atoms with Gasteiger partial charge in [0.05, 0.1) is 12.6 Å². The van der Waals surface area contributed by atoms with Gasteiger partial charge in [-0.3, -0.25) is 0 Å². The summed E-state index contributed by atoms with van der Waals surface area (Å²) in [6.07, 6.45) is 0.884. The third kappa shape index (κ3) is 4.54. The molecular formula is C14H21N3O2. The van der Waals surface area contributed by atoms with Crippen molar-refractivity contribution in [3.63, 3.8) is 0 Å². The summed E-state index contributed by atoms with van der Waals surface area (Å²) in [6.45, 7) is 5.21. The molecule has 5 heteroatoms. The molecule has 0 saturated carbocycles. The molecule has 2 rings (SSSR count). The van der Waals surface area contributed by atoms with E-state index in [2.05, 4.69) is 22.9 Å².